The largest absolute Gasteiger partial charge is 0.426 e. The van der Waals surface area contributed by atoms with Crippen LogP contribution in [0.3, 0.4) is 0 Å². The lowest BCUT2D eigenvalue weighted by Crippen LogP contribution is -2.29. The van der Waals surface area contributed by atoms with Gasteiger partial charge in [0, 0.05) is 0 Å². The van der Waals surface area contributed by atoms with Crippen molar-refractivity contribution in [2.45, 2.75) is 18.8 Å². The Morgan fingerprint density at radius 2 is 1.67 bits per heavy atom. The number of carbonyl (C=O) groups excluding carboxylic acids is 1. The van der Waals surface area contributed by atoms with Gasteiger partial charge in [0.25, 0.3) is 0 Å². The molecule has 1 heterocycles. The molecular weight excluding hydrogens is 266 g/mol. The van der Waals surface area contributed by atoms with Gasteiger partial charge in [-0.25, -0.2) is 0 Å². The molecule has 0 amide bonds. The summed E-state index contributed by atoms with van der Waals surface area (Å²) in [6.07, 6.45) is -0.0753. The summed E-state index contributed by atoms with van der Waals surface area (Å²) < 4.78 is 10.7. The van der Waals surface area contributed by atoms with Gasteiger partial charge >= 0.3 is 5.97 Å². The van der Waals surface area contributed by atoms with Crippen molar-refractivity contribution in [2.75, 3.05) is 0 Å². The monoisotopic (exact) mass is 283 g/mol. The molecule has 3 atom stereocenters. The van der Waals surface area contributed by atoms with Crippen LogP contribution in [0, 0.1) is 5.92 Å². The number of rotatable bonds is 5. The van der Waals surface area contributed by atoms with Crippen LogP contribution in [-0.4, -0.2) is 18.3 Å². The summed E-state index contributed by atoms with van der Waals surface area (Å²) in [4.78, 5) is 12.4. The summed E-state index contributed by atoms with van der Waals surface area (Å²) in [5.41, 5.74) is 6.79. The van der Waals surface area contributed by atoms with Crippen molar-refractivity contribution in [3.05, 3.63) is 66.2 Å². The van der Waals surface area contributed by atoms with Crippen LogP contribution >= 0.6 is 0 Å². The third-order valence-electron chi connectivity index (χ3n) is 3.52. The van der Waals surface area contributed by atoms with Crippen LogP contribution in [0.15, 0.2) is 60.7 Å². The minimum Gasteiger partial charge on any atom is -0.426 e. The van der Waals surface area contributed by atoms with E-state index in [-0.39, 0.29) is 24.2 Å². The van der Waals surface area contributed by atoms with Gasteiger partial charge in [0.1, 0.15) is 18.1 Å². The first-order valence-electron chi connectivity index (χ1n) is 6.96. The van der Waals surface area contributed by atoms with Crippen molar-refractivity contribution in [1.29, 1.82) is 0 Å². The highest BCUT2D eigenvalue weighted by molar-refractivity contribution is 5.76. The third kappa shape index (κ3) is 3.48. The predicted octanol–water partition coefficient (Wildman–Crippen LogP) is 2.13. The van der Waals surface area contributed by atoms with Crippen molar-refractivity contribution < 1.29 is 14.3 Å². The highest BCUT2D eigenvalue weighted by Crippen LogP contribution is 2.30. The molecule has 0 radical (unpaired) electrons. The van der Waals surface area contributed by atoms with Crippen LogP contribution in [0.2, 0.25) is 0 Å². The molecule has 21 heavy (non-hydrogen) atoms. The lowest BCUT2D eigenvalue weighted by molar-refractivity contribution is -0.139. The minimum absolute atomic E-state index is 0.263. The fraction of sp³-hybridized carbons (Fsp3) is 0.235. The number of hydrogen-bond acceptors (Lipinski definition) is 4. The summed E-state index contributed by atoms with van der Waals surface area (Å²) in [5.74, 6) is -0.152. The smallest absolute Gasteiger partial charge is 0.317 e. The zero-order valence-electron chi connectivity index (χ0n) is 11.5. The number of epoxide rings is 1. The summed E-state index contributed by atoms with van der Waals surface area (Å²) in [7, 11) is 0. The Kier molecular flexibility index (Phi) is 3.99. The topological polar surface area (TPSA) is 64.8 Å². The van der Waals surface area contributed by atoms with E-state index in [1.165, 1.54) is 0 Å². The lowest BCUT2D eigenvalue weighted by atomic mass is 9.96. The fourth-order valence-corrected chi connectivity index (χ4v) is 2.34. The second-order valence-electron chi connectivity index (χ2n) is 5.10. The Morgan fingerprint density at radius 3 is 2.24 bits per heavy atom. The van der Waals surface area contributed by atoms with Crippen molar-refractivity contribution >= 4 is 5.97 Å². The summed E-state index contributed by atoms with van der Waals surface area (Å²) in [6.45, 7) is 0. The molecule has 1 saturated heterocycles. The second kappa shape index (κ2) is 6.08. The SMILES string of the molecule is NC1OC1C(Cc1ccccc1)C(=O)Oc1ccccc1. The summed E-state index contributed by atoms with van der Waals surface area (Å²) >= 11 is 0. The van der Waals surface area contributed by atoms with Gasteiger partial charge in [0.15, 0.2) is 0 Å². The first-order valence-corrected chi connectivity index (χ1v) is 6.96. The van der Waals surface area contributed by atoms with Gasteiger partial charge in [-0.1, -0.05) is 48.5 Å². The lowest BCUT2D eigenvalue weighted by Gasteiger charge is -2.14. The summed E-state index contributed by atoms with van der Waals surface area (Å²) in [5, 5.41) is 0. The number of carbonyl (C=O) groups is 1. The Labute approximate surface area is 123 Å². The number of hydrogen-bond donors (Lipinski definition) is 1. The quantitative estimate of drug-likeness (QED) is 0.518. The molecular formula is C17H17NO3. The van der Waals surface area contributed by atoms with Crippen molar-refractivity contribution in [3.63, 3.8) is 0 Å². The number of nitrogens with two attached hydrogens (primary N) is 1. The molecule has 3 rings (SSSR count). The fourth-order valence-electron chi connectivity index (χ4n) is 2.34. The maximum absolute atomic E-state index is 12.4. The van der Waals surface area contributed by atoms with Gasteiger partial charge in [-0.3, -0.25) is 4.79 Å². The van der Waals surface area contributed by atoms with Gasteiger partial charge < -0.3 is 15.2 Å². The van der Waals surface area contributed by atoms with Crippen LogP contribution in [0.5, 0.6) is 5.75 Å². The van der Waals surface area contributed by atoms with Gasteiger partial charge in [0.2, 0.25) is 0 Å². The van der Waals surface area contributed by atoms with Crippen LogP contribution < -0.4 is 10.5 Å². The molecule has 4 heteroatoms. The number of para-hydroxylation sites is 1. The molecule has 3 unspecified atom stereocenters. The van der Waals surface area contributed by atoms with Gasteiger partial charge in [-0.2, -0.15) is 0 Å². The van der Waals surface area contributed by atoms with E-state index in [0.29, 0.717) is 12.2 Å². The van der Waals surface area contributed by atoms with E-state index >= 15 is 0 Å². The molecule has 0 bridgehead atoms. The van der Waals surface area contributed by atoms with Gasteiger partial charge in [0.05, 0.1) is 5.92 Å². The van der Waals surface area contributed by atoms with Crippen molar-refractivity contribution in [2.24, 2.45) is 11.7 Å². The molecule has 2 N–H and O–H groups in total. The number of benzene rings is 2. The standard InChI is InChI=1S/C17H17NO3/c18-16-15(21-16)14(11-12-7-3-1-4-8-12)17(19)20-13-9-5-2-6-10-13/h1-10,14-16H,11,18H2. The third-order valence-corrected chi connectivity index (χ3v) is 3.52. The maximum atomic E-state index is 12.4. The molecule has 2 aromatic carbocycles. The average molecular weight is 283 g/mol. The van der Waals surface area contributed by atoms with E-state index in [9.17, 15) is 4.79 Å². The average Bonchev–Trinajstić information content (AvgIpc) is 3.23. The Bertz CT molecular complexity index is 600. The molecule has 1 aliphatic heterocycles. The Balaban J connectivity index is 1.72. The highest BCUT2D eigenvalue weighted by atomic mass is 16.6. The van der Waals surface area contributed by atoms with Crippen molar-refractivity contribution in [3.8, 4) is 5.75 Å². The molecule has 1 aliphatic rings. The van der Waals surface area contributed by atoms with E-state index < -0.39 is 0 Å². The first-order chi connectivity index (χ1) is 10.2. The van der Waals surface area contributed by atoms with Crippen LogP contribution in [0.1, 0.15) is 5.56 Å². The molecule has 0 aliphatic carbocycles. The summed E-state index contributed by atoms with van der Waals surface area (Å²) in [6, 6.07) is 18.8. The van der Waals surface area contributed by atoms with Crippen LogP contribution in [0.25, 0.3) is 0 Å². The number of esters is 1. The normalized spacial score (nSPS) is 21.6. The predicted molar refractivity (Wildman–Crippen MR) is 78.6 cm³/mol. The second-order valence-corrected chi connectivity index (χ2v) is 5.10. The van der Waals surface area contributed by atoms with E-state index in [0.717, 1.165) is 5.56 Å². The maximum Gasteiger partial charge on any atom is 0.317 e. The Hall–Kier alpha value is -2.17. The Morgan fingerprint density at radius 1 is 1.10 bits per heavy atom. The first kappa shape index (κ1) is 13.8. The van der Waals surface area contributed by atoms with Crippen LogP contribution in [0.4, 0.5) is 0 Å². The molecule has 4 nitrogen and oxygen atoms in total. The molecule has 108 valence electrons. The van der Waals surface area contributed by atoms with E-state index in [2.05, 4.69) is 0 Å². The highest BCUT2D eigenvalue weighted by Gasteiger charge is 2.46. The molecule has 1 fully saturated rings. The molecule has 0 aromatic heterocycles. The zero-order chi connectivity index (χ0) is 14.7. The zero-order valence-corrected chi connectivity index (χ0v) is 11.5. The van der Waals surface area contributed by atoms with E-state index in [4.69, 9.17) is 15.2 Å². The number of ether oxygens (including phenoxy) is 2. The minimum atomic E-state index is -0.386. The molecule has 2 aromatic rings. The van der Waals surface area contributed by atoms with Gasteiger partial charge in [-0.05, 0) is 24.1 Å². The van der Waals surface area contributed by atoms with Crippen molar-refractivity contribution in [1.82, 2.24) is 0 Å². The molecule has 0 saturated carbocycles. The van der Waals surface area contributed by atoms with E-state index in [1.807, 2.05) is 48.5 Å². The molecule has 0 spiro atoms. The van der Waals surface area contributed by atoms with E-state index in [1.54, 1.807) is 12.1 Å². The van der Waals surface area contributed by atoms with Gasteiger partial charge in [-0.15, -0.1) is 0 Å². The van der Waals surface area contributed by atoms with Crippen LogP contribution in [-0.2, 0) is 16.0 Å².